The van der Waals surface area contributed by atoms with Crippen LogP contribution in [0.1, 0.15) is 103 Å². The minimum Gasteiger partial charge on any atom is -0.344 e. The van der Waals surface area contributed by atoms with E-state index in [9.17, 15) is 37.5 Å². The molecule has 4 rings (SSSR count). The minimum atomic E-state index is -2.87. The van der Waals surface area contributed by atoms with E-state index in [0.29, 0.717) is 6.42 Å². The topological polar surface area (TPSA) is 143 Å². The Balaban J connectivity index is 1.54. The van der Waals surface area contributed by atoms with Crippen LogP contribution in [0.2, 0.25) is 0 Å². The van der Waals surface area contributed by atoms with E-state index < -0.39 is 77.8 Å². The van der Waals surface area contributed by atoms with Crippen LogP contribution in [0.5, 0.6) is 0 Å². The van der Waals surface area contributed by atoms with Crippen molar-refractivity contribution in [3.8, 4) is 0 Å². The molecule has 1 aromatic heterocycles. The van der Waals surface area contributed by atoms with Gasteiger partial charge in [0.05, 0.1) is 12.2 Å². The Morgan fingerprint density at radius 1 is 1.00 bits per heavy atom. The van der Waals surface area contributed by atoms with Gasteiger partial charge in [0, 0.05) is 56.5 Å². The fourth-order valence-electron chi connectivity index (χ4n) is 7.16. The number of hydrogen-bond acceptors (Lipinski definition) is 8. The van der Waals surface area contributed by atoms with Gasteiger partial charge >= 0.3 is 0 Å². The number of Topliss-reactive ketones (excluding diaryl/α,β-unsaturated/α-hetero) is 4. The molecule has 6 atom stereocenters. The molecule has 12 heteroatoms. The quantitative estimate of drug-likeness (QED) is 0.200. The zero-order valence-corrected chi connectivity index (χ0v) is 28.0. The van der Waals surface area contributed by atoms with Crippen LogP contribution in [0.4, 0.5) is 8.78 Å². The van der Waals surface area contributed by atoms with Crippen molar-refractivity contribution >= 4 is 34.9 Å². The van der Waals surface area contributed by atoms with Crippen LogP contribution >= 0.6 is 0 Å². The standard InChI is InChI=1S/C35H48F2N4O6/c1-19(2)24(16-26(42)25-17-38-11-12-39-25)33(46)40-32(35(3,4)5)34(47)41-18-21-7-6-8-23(21)30(41)27(43)14-22(15-29(36)37)31(45)28(44)13-20-9-10-20/h11-12,17,19-24,29-30,32H,6-10,13-16,18H2,1-5H3,(H,40,46)/t21?,22?,23-,24+,30?,32?/m0/s1. The van der Waals surface area contributed by atoms with Gasteiger partial charge in [0.15, 0.2) is 17.3 Å². The molecular formula is C35H48F2N4O6. The van der Waals surface area contributed by atoms with Crippen LogP contribution in [0.25, 0.3) is 0 Å². The molecule has 3 aliphatic rings. The van der Waals surface area contributed by atoms with Gasteiger partial charge in [-0.25, -0.2) is 13.8 Å². The molecule has 1 aliphatic heterocycles. The average Bonchev–Trinajstić information content (AvgIpc) is 3.57. The Morgan fingerprint density at radius 3 is 2.28 bits per heavy atom. The number of hydrogen-bond donors (Lipinski definition) is 1. The molecule has 0 radical (unpaired) electrons. The first kappa shape index (κ1) is 36.4. The lowest BCUT2D eigenvalue weighted by Crippen LogP contribution is -2.58. The highest BCUT2D eigenvalue weighted by molar-refractivity contribution is 6.38. The number of aromatic nitrogens is 2. The van der Waals surface area contributed by atoms with Gasteiger partial charge in [0.1, 0.15) is 11.7 Å². The Labute approximate surface area is 275 Å². The van der Waals surface area contributed by atoms with Crippen LogP contribution in [0.15, 0.2) is 18.6 Å². The predicted octanol–water partition coefficient (Wildman–Crippen LogP) is 4.65. The molecule has 2 heterocycles. The Bertz CT molecular complexity index is 1340. The van der Waals surface area contributed by atoms with Gasteiger partial charge in [-0.05, 0) is 54.8 Å². The summed E-state index contributed by atoms with van der Waals surface area (Å²) in [4.78, 5) is 90.0. The molecule has 1 aromatic rings. The second kappa shape index (κ2) is 15.2. The fraction of sp³-hybridized carbons (Fsp3) is 0.714. The number of halogens is 2. The maximum atomic E-state index is 14.4. The summed E-state index contributed by atoms with van der Waals surface area (Å²) in [5, 5.41) is 2.89. The molecule has 258 valence electrons. The molecule has 0 spiro atoms. The number of nitrogens with one attached hydrogen (secondary N) is 1. The summed E-state index contributed by atoms with van der Waals surface area (Å²) >= 11 is 0. The largest absolute Gasteiger partial charge is 0.344 e. The summed E-state index contributed by atoms with van der Waals surface area (Å²) in [5.74, 6) is -5.98. The molecule has 47 heavy (non-hydrogen) atoms. The summed E-state index contributed by atoms with van der Waals surface area (Å²) in [6.45, 7) is 9.27. The van der Waals surface area contributed by atoms with Crippen molar-refractivity contribution in [2.24, 2.45) is 40.9 Å². The first-order chi connectivity index (χ1) is 22.1. The smallest absolute Gasteiger partial charge is 0.246 e. The lowest BCUT2D eigenvalue weighted by molar-refractivity contribution is -0.146. The van der Waals surface area contributed by atoms with Gasteiger partial charge in [-0.2, -0.15) is 0 Å². The van der Waals surface area contributed by atoms with Gasteiger partial charge < -0.3 is 10.2 Å². The van der Waals surface area contributed by atoms with E-state index in [-0.39, 0.29) is 54.5 Å². The Morgan fingerprint density at radius 2 is 1.70 bits per heavy atom. The zero-order chi connectivity index (χ0) is 34.6. The Kier molecular flexibility index (Phi) is 11.8. The number of rotatable bonds is 16. The summed E-state index contributed by atoms with van der Waals surface area (Å²) in [5.41, 5.74) is -0.657. The van der Waals surface area contributed by atoms with E-state index in [1.807, 2.05) is 13.8 Å². The van der Waals surface area contributed by atoms with Crippen molar-refractivity contribution in [2.75, 3.05) is 6.54 Å². The summed E-state index contributed by atoms with van der Waals surface area (Å²) in [6.07, 6.45) is 3.72. The van der Waals surface area contributed by atoms with Crippen molar-refractivity contribution in [1.82, 2.24) is 20.2 Å². The van der Waals surface area contributed by atoms with Crippen molar-refractivity contribution < 1.29 is 37.5 Å². The monoisotopic (exact) mass is 658 g/mol. The van der Waals surface area contributed by atoms with E-state index in [1.165, 1.54) is 23.5 Å². The highest BCUT2D eigenvalue weighted by Crippen LogP contribution is 2.44. The van der Waals surface area contributed by atoms with Crippen LogP contribution in [0.3, 0.4) is 0 Å². The molecule has 0 aromatic carbocycles. The fourth-order valence-corrected chi connectivity index (χ4v) is 7.16. The lowest BCUT2D eigenvalue weighted by atomic mass is 9.82. The van der Waals surface area contributed by atoms with Crippen LogP contribution in [-0.2, 0) is 24.0 Å². The number of amides is 2. The van der Waals surface area contributed by atoms with Gasteiger partial charge in [-0.3, -0.25) is 33.8 Å². The molecule has 4 unspecified atom stereocenters. The maximum Gasteiger partial charge on any atom is 0.246 e. The zero-order valence-electron chi connectivity index (χ0n) is 28.0. The lowest BCUT2D eigenvalue weighted by Gasteiger charge is -2.37. The molecule has 2 amide bonds. The second-order valence-corrected chi connectivity index (χ2v) is 15.1. The second-order valence-electron chi connectivity index (χ2n) is 15.1. The molecule has 0 bridgehead atoms. The first-order valence-electron chi connectivity index (χ1n) is 16.9. The molecule has 2 saturated carbocycles. The molecular weight excluding hydrogens is 610 g/mol. The van der Waals surface area contributed by atoms with Crippen molar-refractivity contribution in [2.45, 2.75) is 111 Å². The number of nitrogens with zero attached hydrogens (tertiary/aromatic N) is 3. The van der Waals surface area contributed by atoms with E-state index in [4.69, 9.17) is 0 Å². The van der Waals surface area contributed by atoms with E-state index in [0.717, 1.165) is 25.7 Å². The highest BCUT2D eigenvalue weighted by Gasteiger charge is 2.52. The number of alkyl halides is 2. The van der Waals surface area contributed by atoms with Crippen molar-refractivity contribution in [1.29, 1.82) is 0 Å². The van der Waals surface area contributed by atoms with Crippen LogP contribution in [-0.4, -0.2) is 74.9 Å². The average molecular weight is 659 g/mol. The predicted molar refractivity (Wildman–Crippen MR) is 168 cm³/mol. The summed E-state index contributed by atoms with van der Waals surface area (Å²) in [6, 6.07) is -2.00. The third-order valence-corrected chi connectivity index (χ3v) is 10.0. The van der Waals surface area contributed by atoms with Gasteiger partial charge in [-0.1, -0.05) is 41.0 Å². The van der Waals surface area contributed by atoms with Gasteiger partial charge in [0.2, 0.25) is 24.0 Å². The van der Waals surface area contributed by atoms with Crippen molar-refractivity contribution in [3.63, 3.8) is 0 Å². The summed E-state index contributed by atoms with van der Waals surface area (Å²) < 4.78 is 27.2. The number of likely N-dealkylation sites (tertiary alicyclic amines) is 1. The molecule has 2 aliphatic carbocycles. The third kappa shape index (κ3) is 9.13. The van der Waals surface area contributed by atoms with Crippen LogP contribution < -0.4 is 5.32 Å². The third-order valence-electron chi connectivity index (χ3n) is 10.0. The molecule has 10 nitrogen and oxygen atoms in total. The maximum absolute atomic E-state index is 14.4. The van der Waals surface area contributed by atoms with E-state index in [1.54, 1.807) is 20.8 Å². The van der Waals surface area contributed by atoms with E-state index >= 15 is 0 Å². The summed E-state index contributed by atoms with van der Waals surface area (Å²) in [7, 11) is 0. The van der Waals surface area contributed by atoms with Gasteiger partial charge in [0.25, 0.3) is 0 Å². The molecule has 3 fully saturated rings. The normalized spacial score (nSPS) is 22.9. The van der Waals surface area contributed by atoms with E-state index in [2.05, 4.69) is 15.3 Å². The Hall–Kier alpha value is -3.44. The number of ketones is 4. The number of carbonyl (C=O) groups is 6. The first-order valence-corrected chi connectivity index (χ1v) is 16.9. The van der Waals surface area contributed by atoms with Crippen molar-refractivity contribution in [3.05, 3.63) is 24.3 Å². The SMILES string of the molecule is CC(C)[C@@H](CC(=O)c1cnccn1)C(=O)NC(C(=O)N1CC2CCC[C@@H]2C1C(=O)CC(CC(F)F)C(=O)C(=O)CC1CC1)C(C)(C)C. The molecule has 1 saturated heterocycles. The molecule has 1 N–H and O–H groups in total. The minimum absolute atomic E-state index is 0.0141. The number of carbonyl (C=O) groups excluding carboxylic acids is 6. The van der Waals surface area contributed by atoms with Gasteiger partial charge in [-0.15, -0.1) is 0 Å². The highest BCUT2D eigenvalue weighted by atomic mass is 19.3. The van der Waals surface area contributed by atoms with Crippen LogP contribution in [0, 0.1) is 40.9 Å². The number of fused-ring (bicyclic) bond motifs is 1.